The molecule has 2 aromatic carbocycles. The number of nitrogens with zero attached hydrogens (tertiary/aromatic N) is 3. The fraction of sp³-hybridized carbons (Fsp3) is 0.350. The van der Waals surface area contributed by atoms with Crippen molar-refractivity contribution < 1.29 is 18.1 Å². The second-order valence-corrected chi connectivity index (χ2v) is 9.81. The molecule has 3 rings (SSSR count). The number of halogens is 1. The average molecular weight is 467 g/mol. The van der Waals surface area contributed by atoms with Crippen LogP contribution in [0.4, 0.5) is 11.4 Å². The van der Waals surface area contributed by atoms with Crippen molar-refractivity contribution in [2.75, 3.05) is 31.1 Å². The number of hydrogen-bond acceptors (Lipinski definition) is 6. The summed E-state index contributed by atoms with van der Waals surface area (Å²) in [6, 6.07) is 10.3. The minimum Gasteiger partial charge on any atom is -0.363 e. The van der Waals surface area contributed by atoms with Crippen LogP contribution in [0.5, 0.6) is 0 Å². The maximum atomic E-state index is 12.9. The summed E-state index contributed by atoms with van der Waals surface area (Å²) in [5.74, 6) is -0.387. The number of amides is 1. The lowest BCUT2D eigenvalue weighted by Gasteiger charge is -2.35. The standard InChI is InChI=1S/C20H23ClN4O5S/c1-14(2)22-20(26)15-6-7-18(19(12-15)25(27)28)23-8-10-24(11-9-23)31(29,30)17-5-3-4-16(21)13-17/h3-7,12-14H,8-11H2,1-2H3,(H,22,26). The van der Waals surface area contributed by atoms with Crippen LogP contribution < -0.4 is 10.2 Å². The number of benzene rings is 2. The van der Waals surface area contributed by atoms with Crippen LogP contribution in [-0.4, -0.2) is 55.8 Å². The predicted octanol–water partition coefficient (Wildman–Crippen LogP) is 2.90. The molecule has 11 heteroatoms. The first-order valence-electron chi connectivity index (χ1n) is 9.69. The summed E-state index contributed by atoms with van der Waals surface area (Å²) in [5, 5.41) is 14.7. The number of anilines is 1. The summed E-state index contributed by atoms with van der Waals surface area (Å²) in [6.07, 6.45) is 0. The summed E-state index contributed by atoms with van der Waals surface area (Å²) in [7, 11) is -3.71. The molecule has 0 aliphatic carbocycles. The zero-order valence-electron chi connectivity index (χ0n) is 17.1. The third-order valence-corrected chi connectivity index (χ3v) is 7.00. The summed E-state index contributed by atoms with van der Waals surface area (Å²) in [6.45, 7) is 4.49. The maximum Gasteiger partial charge on any atom is 0.293 e. The van der Waals surface area contributed by atoms with E-state index in [1.165, 1.54) is 34.6 Å². The molecular formula is C20H23ClN4O5S. The number of nitrogens with one attached hydrogen (secondary N) is 1. The average Bonchev–Trinajstić information content (AvgIpc) is 2.73. The van der Waals surface area contributed by atoms with Gasteiger partial charge in [0.25, 0.3) is 11.6 Å². The van der Waals surface area contributed by atoms with Crippen LogP contribution in [0.15, 0.2) is 47.4 Å². The molecular weight excluding hydrogens is 444 g/mol. The molecule has 0 spiro atoms. The molecule has 2 aromatic rings. The van der Waals surface area contributed by atoms with E-state index < -0.39 is 14.9 Å². The molecule has 1 aliphatic rings. The Morgan fingerprint density at radius 3 is 2.39 bits per heavy atom. The normalized spacial score (nSPS) is 15.2. The zero-order chi connectivity index (χ0) is 22.8. The summed E-state index contributed by atoms with van der Waals surface area (Å²) >= 11 is 5.92. The minimum atomic E-state index is -3.71. The number of carbonyl (C=O) groups excluding carboxylic acids is 1. The van der Waals surface area contributed by atoms with E-state index in [1.807, 2.05) is 0 Å². The van der Waals surface area contributed by atoms with Crippen molar-refractivity contribution in [1.82, 2.24) is 9.62 Å². The van der Waals surface area contributed by atoms with Gasteiger partial charge in [-0.2, -0.15) is 4.31 Å². The van der Waals surface area contributed by atoms with Crippen LogP contribution in [0.3, 0.4) is 0 Å². The second kappa shape index (κ2) is 9.21. The molecule has 0 aromatic heterocycles. The van der Waals surface area contributed by atoms with Crippen molar-refractivity contribution in [3.8, 4) is 0 Å². The zero-order valence-corrected chi connectivity index (χ0v) is 18.7. The number of sulfonamides is 1. The molecule has 1 saturated heterocycles. The van der Waals surface area contributed by atoms with Crippen LogP contribution in [0.1, 0.15) is 24.2 Å². The highest BCUT2D eigenvalue weighted by molar-refractivity contribution is 7.89. The van der Waals surface area contributed by atoms with Crippen molar-refractivity contribution >= 4 is 38.9 Å². The molecule has 31 heavy (non-hydrogen) atoms. The van der Waals surface area contributed by atoms with Gasteiger partial charge in [-0.05, 0) is 44.2 Å². The lowest BCUT2D eigenvalue weighted by molar-refractivity contribution is -0.384. The van der Waals surface area contributed by atoms with Crippen molar-refractivity contribution in [3.63, 3.8) is 0 Å². The van der Waals surface area contributed by atoms with Gasteiger partial charge in [0, 0.05) is 48.9 Å². The smallest absolute Gasteiger partial charge is 0.293 e. The van der Waals surface area contributed by atoms with Gasteiger partial charge in [0.05, 0.1) is 9.82 Å². The van der Waals surface area contributed by atoms with E-state index in [4.69, 9.17) is 11.6 Å². The van der Waals surface area contributed by atoms with Gasteiger partial charge in [-0.15, -0.1) is 0 Å². The van der Waals surface area contributed by atoms with Gasteiger partial charge in [-0.1, -0.05) is 17.7 Å². The first-order valence-corrected chi connectivity index (χ1v) is 11.5. The fourth-order valence-corrected chi connectivity index (χ4v) is 5.09. The van der Waals surface area contributed by atoms with Gasteiger partial charge < -0.3 is 10.2 Å². The molecule has 0 atom stereocenters. The first kappa shape index (κ1) is 23.0. The molecule has 1 amide bonds. The van der Waals surface area contributed by atoms with Gasteiger partial charge in [0.1, 0.15) is 5.69 Å². The predicted molar refractivity (Wildman–Crippen MR) is 118 cm³/mol. The van der Waals surface area contributed by atoms with Crippen molar-refractivity contribution in [3.05, 3.63) is 63.2 Å². The molecule has 1 fully saturated rings. The van der Waals surface area contributed by atoms with E-state index in [2.05, 4.69) is 5.32 Å². The number of carbonyl (C=O) groups is 1. The van der Waals surface area contributed by atoms with Crippen molar-refractivity contribution in [2.24, 2.45) is 0 Å². The Balaban J connectivity index is 1.78. The van der Waals surface area contributed by atoms with E-state index >= 15 is 0 Å². The molecule has 0 radical (unpaired) electrons. The molecule has 1 aliphatic heterocycles. The van der Waals surface area contributed by atoms with Gasteiger partial charge >= 0.3 is 0 Å². The first-order chi connectivity index (χ1) is 14.6. The van der Waals surface area contributed by atoms with E-state index in [9.17, 15) is 23.3 Å². The number of nitro groups is 1. The van der Waals surface area contributed by atoms with Gasteiger partial charge in [-0.25, -0.2) is 8.42 Å². The largest absolute Gasteiger partial charge is 0.363 e. The van der Waals surface area contributed by atoms with Crippen LogP contribution in [0.2, 0.25) is 5.02 Å². The van der Waals surface area contributed by atoms with Crippen molar-refractivity contribution in [1.29, 1.82) is 0 Å². The molecule has 0 saturated carbocycles. The monoisotopic (exact) mass is 466 g/mol. The second-order valence-electron chi connectivity index (χ2n) is 7.44. The number of rotatable bonds is 6. The number of nitro benzene ring substituents is 1. The SMILES string of the molecule is CC(C)NC(=O)c1ccc(N2CCN(S(=O)(=O)c3cccc(Cl)c3)CC2)c([N+](=O)[O-])c1. The third kappa shape index (κ3) is 5.15. The van der Waals surface area contributed by atoms with E-state index in [1.54, 1.807) is 30.9 Å². The van der Waals surface area contributed by atoms with Gasteiger partial charge in [-0.3, -0.25) is 14.9 Å². The van der Waals surface area contributed by atoms with Gasteiger partial charge in [0.2, 0.25) is 10.0 Å². The highest BCUT2D eigenvalue weighted by Gasteiger charge is 2.31. The van der Waals surface area contributed by atoms with Crippen LogP contribution >= 0.6 is 11.6 Å². The highest BCUT2D eigenvalue weighted by Crippen LogP contribution is 2.31. The quantitative estimate of drug-likeness (QED) is 0.517. The molecule has 1 heterocycles. The Hall–Kier alpha value is -2.69. The topological polar surface area (TPSA) is 113 Å². The Bertz CT molecular complexity index is 1100. The maximum absolute atomic E-state index is 12.9. The molecule has 166 valence electrons. The lowest BCUT2D eigenvalue weighted by Crippen LogP contribution is -2.48. The van der Waals surface area contributed by atoms with Crippen molar-refractivity contribution in [2.45, 2.75) is 24.8 Å². The van der Waals surface area contributed by atoms with Crippen LogP contribution in [0.25, 0.3) is 0 Å². The molecule has 0 bridgehead atoms. The summed E-state index contributed by atoms with van der Waals surface area (Å²) < 4.78 is 27.1. The van der Waals surface area contributed by atoms with E-state index in [0.717, 1.165) is 0 Å². The molecule has 0 unspecified atom stereocenters. The third-order valence-electron chi connectivity index (χ3n) is 4.87. The summed E-state index contributed by atoms with van der Waals surface area (Å²) in [5.41, 5.74) is 0.361. The van der Waals surface area contributed by atoms with E-state index in [0.29, 0.717) is 10.7 Å². The Morgan fingerprint density at radius 1 is 1.13 bits per heavy atom. The number of hydrogen-bond donors (Lipinski definition) is 1. The van der Waals surface area contributed by atoms with Crippen LogP contribution in [0, 0.1) is 10.1 Å². The molecule has 1 N–H and O–H groups in total. The van der Waals surface area contributed by atoms with E-state index in [-0.39, 0.29) is 54.3 Å². The minimum absolute atomic E-state index is 0.0965. The number of piperazine rings is 1. The summed E-state index contributed by atoms with van der Waals surface area (Å²) in [4.78, 5) is 25.2. The fourth-order valence-electron chi connectivity index (χ4n) is 3.37. The highest BCUT2D eigenvalue weighted by atomic mass is 35.5. The van der Waals surface area contributed by atoms with Gasteiger partial charge in [0.15, 0.2) is 0 Å². The Morgan fingerprint density at radius 2 is 1.81 bits per heavy atom. The molecule has 9 nitrogen and oxygen atoms in total. The van der Waals surface area contributed by atoms with Crippen LogP contribution in [-0.2, 0) is 10.0 Å². The Labute approximate surface area is 185 Å². The Kier molecular flexibility index (Phi) is 6.83. The lowest BCUT2D eigenvalue weighted by atomic mass is 10.1.